The minimum atomic E-state index is 0.610. The van der Waals surface area contributed by atoms with Crippen molar-refractivity contribution >= 4 is 40.1 Å². The highest BCUT2D eigenvalue weighted by atomic mass is 127. The predicted octanol–water partition coefficient (Wildman–Crippen LogP) is 3.68. The number of hydrogen-bond donors (Lipinski definition) is 1. The molecule has 0 heterocycles. The molecule has 1 N–H and O–H groups in total. The fourth-order valence-electron chi connectivity index (χ4n) is 1.24. The molecule has 4 heteroatoms. The third-order valence-electron chi connectivity index (χ3n) is 2.18. The first-order chi connectivity index (χ1) is 7.62. The second kappa shape index (κ2) is 5.79. The highest BCUT2D eigenvalue weighted by molar-refractivity contribution is 14.1. The fourth-order valence-corrected chi connectivity index (χ4v) is 1.55. The van der Waals surface area contributed by atoms with Crippen LogP contribution in [-0.2, 0) is 9.47 Å². The van der Waals surface area contributed by atoms with Crippen LogP contribution < -0.4 is 3.53 Å². The number of benzene rings is 1. The maximum Gasteiger partial charge on any atom is 0.119 e. The van der Waals surface area contributed by atoms with Crippen molar-refractivity contribution in [2.24, 2.45) is 0 Å². The van der Waals surface area contributed by atoms with E-state index in [9.17, 15) is 0 Å². The summed E-state index contributed by atoms with van der Waals surface area (Å²) in [6.07, 6.45) is 0. The van der Waals surface area contributed by atoms with Gasteiger partial charge in [0.25, 0.3) is 0 Å². The molecule has 0 radical (unpaired) electrons. The Morgan fingerprint density at radius 1 is 1.06 bits per heavy atom. The molecule has 0 aliphatic carbocycles. The topological polar surface area (TPSA) is 30.5 Å². The Morgan fingerprint density at radius 2 is 1.50 bits per heavy atom. The summed E-state index contributed by atoms with van der Waals surface area (Å²) in [6, 6.07) is 5.82. The van der Waals surface area contributed by atoms with Gasteiger partial charge in [-0.15, -0.1) is 0 Å². The molecule has 0 spiro atoms. The SMILES string of the molecule is C=C(OC)c1cc(NI)cc(C(=C)OC)c1. The van der Waals surface area contributed by atoms with Crippen LogP contribution in [0.5, 0.6) is 0 Å². The van der Waals surface area contributed by atoms with Crippen LogP contribution in [0.3, 0.4) is 0 Å². The third kappa shape index (κ3) is 2.91. The van der Waals surface area contributed by atoms with Crippen LogP contribution in [0.25, 0.3) is 11.5 Å². The summed E-state index contributed by atoms with van der Waals surface area (Å²) in [4.78, 5) is 0. The van der Waals surface area contributed by atoms with E-state index in [0.717, 1.165) is 16.8 Å². The first-order valence-electron chi connectivity index (χ1n) is 4.60. The molecule has 1 rings (SSSR count). The van der Waals surface area contributed by atoms with E-state index < -0.39 is 0 Å². The van der Waals surface area contributed by atoms with E-state index in [2.05, 4.69) is 39.6 Å². The van der Waals surface area contributed by atoms with Gasteiger partial charge in [-0.1, -0.05) is 13.2 Å². The van der Waals surface area contributed by atoms with Crippen LogP contribution in [0.2, 0.25) is 0 Å². The molecular weight excluding hydrogens is 317 g/mol. The van der Waals surface area contributed by atoms with E-state index in [0.29, 0.717) is 11.5 Å². The molecule has 1 aromatic rings. The van der Waals surface area contributed by atoms with Gasteiger partial charge >= 0.3 is 0 Å². The predicted molar refractivity (Wildman–Crippen MR) is 76.2 cm³/mol. The molecule has 0 atom stereocenters. The lowest BCUT2D eigenvalue weighted by atomic mass is 10.1. The molecule has 0 saturated heterocycles. The zero-order valence-electron chi connectivity index (χ0n) is 9.34. The van der Waals surface area contributed by atoms with Crippen molar-refractivity contribution in [3.63, 3.8) is 0 Å². The Labute approximate surface area is 110 Å². The second-order valence-corrected chi connectivity index (χ2v) is 3.69. The quantitative estimate of drug-likeness (QED) is 0.507. The van der Waals surface area contributed by atoms with Gasteiger partial charge in [0.1, 0.15) is 11.5 Å². The Bertz CT molecular complexity index is 381. The van der Waals surface area contributed by atoms with Crippen molar-refractivity contribution in [2.45, 2.75) is 0 Å². The van der Waals surface area contributed by atoms with Crippen molar-refractivity contribution in [1.82, 2.24) is 0 Å². The maximum atomic E-state index is 5.11. The number of ether oxygens (including phenoxy) is 2. The van der Waals surface area contributed by atoms with E-state index in [4.69, 9.17) is 9.47 Å². The van der Waals surface area contributed by atoms with Crippen LogP contribution in [0, 0.1) is 0 Å². The minimum absolute atomic E-state index is 0.610. The maximum absolute atomic E-state index is 5.11. The first-order valence-corrected chi connectivity index (χ1v) is 5.68. The fraction of sp³-hybridized carbons (Fsp3) is 0.167. The summed E-state index contributed by atoms with van der Waals surface area (Å²) in [7, 11) is 3.19. The molecule has 16 heavy (non-hydrogen) atoms. The Morgan fingerprint density at radius 3 is 1.81 bits per heavy atom. The molecule has 0 fully saturated rings. The normalized spacial score (nSPS) is 9.44. The summed E-state index contributed by atoms with van der Waals surface area (Å²) >= 11 is 2.07. The molecule has 86 valence electrons. The number of methoxy groups -OCH3 is 2. The number of hydrogen-bond acceptors (Lipinski definition) is 3. The van der Waals surface area contributed by atoms with Gasteiger partial charge in [0.2, 0.25) is 0 Å². The van der Waals surface area contributed by atoms with Crippen molar-refractivity contribution in [2.75, 3.05) is 17.7 Å². The average molecular weight is 331 g/mol. The molecule has 0 bridgehead atoms. The lowest BCUT2D eigenvalue weighted by Gasteiger charge is -2.11. The van der Waals surface area contributed by atoms with E-state index in [1.165, 1.54) is 0 Å². The van der Waals surface area contributed by atoms with E-state index in [1.54, 1.807) is 14.2 Å². The van der Waals surface area contributed by atoms with Gasteiger partial charge in [-0.2, -0.15) is 0 Å². The van der Waals surface area contributed by atoms with E-state index in [-0.39, 0.29) is 0 Å². The standard InChI is InChI=1S/C12H14INO2/c1-8(15-3)10-5-11(9(2)16-4)7-12(6-10)14-13/h5-7,14H,1-2H2,3-4H3. The van der Waals surface area contributed by atoms with Crippen LogP contribution >= 0.6 is 22.9 Å². The van der Waals surface area contributed by atoms with Gasteiger partial charge in [-0.25, -0.2) is 0 Å². The molecular formula is C12H14INO2. The highest BCUT2D eigenvalue weighted by Crippen LogP contribution is 2.25. The zero-order chi connectivity index (χ0) is 12.1. The van der Waals surface area contributed by atoms with Gasteiger partial charge < -0.3 is 13.0 Å². The van der Waals surface area contributed by atoms with Gasteiger partial charge in [0.15, 0.2) is 0 Å². The van der Waals surface area contributed by atoms with Crippen molar-refractivity contribution < 1.29 is 9.47 Å². The van der Waals surface area contributed by atoms with Gasteiger partial charge in [-0.3, -0.25) is 0 Å². The van der Waals surface area contributed by atoms with Crippen LogP contribution in [0.1, 0.15) is 11.1 Å². The van der Waals surface area contributed by atoms with E-state index >= 15 is 0 Å². The van der Waals surface area contributed by atoms with Crippen molar-refractivity contribution in [3.8, 4) is 0 Å². The molecule has 0 aromatic heterocycles. The zero-order valence-corrected chi connectivity index (χ0v) is 11.5. The van der Waals surface area contributed by atoms with Crippen LogP contribution in [0.4, 0.5) is 5.69 Å². The average Bonchev–Trinajstić information content (AvgIpc) is 2.35. The lowest BCUT2D eigenvalue weighted by molar-refractivity contribution is 0.369. The van der Waals surface area contributed by atoms with Gasteiger partial charge in [0.05, 0.1) is 37.1 Å². The van der Waals surface area contributed by atoms with Gasteiger partial charge in [0, 0.05) is 16.8 Å². The molecule has 0 aliphatic heterocycles. The van der Waals surface area contributed by atoms with Crippen LogP contribution in [-0.4, -0.2) is 14.2 Å². The minimum Gasteiger partial charge on any atom is -0.497 e. The summed E-state index contributed by atoms with van der Waals surface area (Å²) in [5, 5.41) is 0. The molecule has 0 saturated carbocycles. The summed E-state index contributed by atoms with van der Waals surface area (Å²) < 4.78 is 13.3. The Balaban J connectivity index is 3.20. The second-order valence-electron chi connectivity index (χ2n) is 3.15. The smallest absolute Gasteiger partial charge is 0.119 e. The number of halogens is 1. The molecule has 0 amide bonds. The lowest BCUT2D eigenvalue weighted by Crippen LogP contribution is -1.93. The Kier molecular flexibility index (Phi) is 4.67. The number of nitrogens with one attached hydrogen (secondary N) is 1. The summed E-state index contributed by atoms with van der Waals surface area (Å²) in [6.45, 7) is 7.64. The van der Waals surface area contributed by atoms with Crippen LogP contribution in [0.15, 0.2) is 31.4 Å². The summed E-state index contributed by atoms with van der Waals surface area (Å²) in [5.74, 6) is 1.22. The van der Waals surface area contributed by atoms with E-state index in [1.807, 2.05) is 18.2 Å². The third-order valence-corrected chi connectivity index (χ3v) is 2.80. The van der Waals surface area contributed by atoms with Crippen molar-refractivity contribution in [1.29, 1.82) is 0 Å². The van der Waals surface area contributed by atoms with Crippen molar-refractivity contribution in [3.05, 3.63) is 42.5 Å². The molecule has 0 unspecified atom stereocenters. The largest absolute Gasteiger partial charge is 0.497 e. The monoisotopic (exact) mass is 331 g/mol. The highest BCUT2D eigenvalue weighted by Gasteiger charge is 2.06. The molecule has 3 nitrogen and oxygen atoms in total. The number of anilines is 1. The number of rotatable bonds is 5. The Hall–Kier alpha value is -1.17. The summed E-state index contributed by atoms with van der Waals surface area (Å²) in [5.41, 5.74) is 2.75. The first kappa shape index (κ1) is 12.9. The van der Waals surface area contributed by atoms with Gasteiger partial charge in [-0.05, 0) is 18.2 Å². The molecule has 1 aromatic carbocycles. The molecule has 0 aliphatic rings.